The van der Waals surface area contributed by atoms with Crippen LogP contribution in [0, 0.1) is 11.6 Å². The molecule has 2 heterocycles. The molecule has 0 aliphatic carbocycles. The lowest BCUT2D eigenvalue weighted by Gasteiger charge is -2.24. The normalized spacial score (nSPS) is 23.5. The molecule has 0 bridgehead atoms. The molecule has 2 atom stereocenters. The Morgan fingerprint density at radius 2 is 1.92 bits per heavy atom. The van der Waals surface area contributed by atoms with Crippen molar-refractivity contribution in [3.05, 3.63) is 29.3 Å². The highest BCUT2D eigenvalue weighted by Gasteiger charge is 2.33. The maximum absolute atomic E-state index is 14.5. The van der Waals surface area contributed by atoms with Gasteiger partial charge in [0.25, 0.3) is 0 Å². The Bertz CT molecular complexity index is 717. The molecule has 7 nitrogen and oxygen atoms in total. The van der Waals surface area contributed by atoms with Crippen LogP contribution in [0.2, 0.25) is 0 Å². The molecule has 2 aliphatic heterocycles. The van der Waals surface area contributed by atoms with Gasteiger partial charge in [-0.05, 0) is 25.0 Å². The molecule has 0 aromatic heterocycles. The SMILES string of the molecule is O=C(O)NC1CCN(c2cc(F)c(C3CCC(=O)NC3=O)c(F)c2)C1. The average molecular weight is 353 g/mol. The van der Waals surface area contributed by atoms with E-state index in [-0.39, 0.29) is 24.4 Å². The fourth-order valence-corrected chi connectivity index (χ4v) is 3.34. The molecule has 1 aromatic carbocycles. The number of piperidine rings is 1. The van der Waals surface area contributed by atoms with Crippen LogP contribution in [0.15, 0.2) is 12.1 Å². The molecule has 3 amide bonds. The van der Waals surface area contributed by atoms with E-state index in [2.05, 4.69) is 10.6 Å². The fraction of sp³-hybridized carbons (Fsp3) is 0.438. The van der Waals surface area contributed by atoms with Crippen LogP contribution in [0.3, 0.4) is 0 Å². The summed E-state index contributed by atoms with van der Waals surface area (Å²) in [5, 5.41) is 13.2. The van der Waals surface area contributed by atoms with Crippen LogP contribution in [0.5, 0.6) is 0 Å². The summed E-state index contributed by atoms with van der Waals surface area (Å²) >= 11 is 0. The van der Waals surface area contributed by atoms with Gasteiger partial charge in [0.05, 0.1) is 12.0 Å². The fourth-order valence-electron chi connectivity index (χ4n) is 3.34. The third kappa shape index (κ3) is 3.54. The number of carboxylic acid groups (broad SMARTS) is 1. The third-order valence-corrected chi connectivity index (χ3v) is 4.53. The number of hydrogen-bond donors (Lipinski definition) is 3. The second-order valence-corrected chi connectivity index (χ2v) is 6.21. The van der Waals surface area contributed by atoms with Crippen molar-refractivity contribution in [1.29, 1.82) is 0 Å². The maximum atomic E-state index is 14.5. The van der Waals surface area contributed by atoms with Gasteiger partial charge in [-0.25, -0.2) is 13.6 Å². The third-order valence-electron chi connectivity index (χ3n) is 4.53. The van der Waals surface area contributed by atoms with Gasteiger partial charge in [-0.2, -0.15) is 0 Å². The van der Waals surface area contributed by atoms with Gasteiger partial charge in [0.1, 0.15) is 11.6 Å². The molecule has 0 radical (unpaired) electrons. The summed E-state index contributed by atoms with van der Waals surface area (Å²) in [5.41, 5.74) is -0.0473. The smallest absolute Gasteiger partial charge is 0.404 e. The molecule has 134 valence electrons. The van der Waals surface area contributed by atoms with Crippen molar-refractivity contribution >= 4 is 23.6 Å². The first kappa shape index (κ1) is 17.1. The van der Waals surface area contributed by atoms with Gasteiger partial charge < -0.3 is 15.3 Å². The molecule has 1 aromatic rings. The zero-order chi connectivity index (χ0) is 18.1. The predicted octanol–water partition coefficient (Wildman–Crippen LogP) is 1.33. The number of halogens is 2. The Labute approximate surface area is 142 Å². The highest BCUT2D eigenvalue weighted by Crippen LogP contribution is 2.33. The second-order valence-electron chi connectivity index (χ2n) is 6.21. The molecule has 3 rings (SSSR count). The van der Waals surface area contributed by atoms with Gasteiger partial charge in [0.2, 0.25) is 11.8 Å². The van der Waals surface area contributed by atoms with E-state index in [1.54, 1.807) is 4.90 Å². The van der Waals surface area contributed by atoms with Gasteiger partial charge in [-0.15, -0.1) is 0 Å². The van der Waals surface area contributed by atoms with Crippen LogP contribution >= 0.6 is 0 Å². The number of carbonyl (C=O) groups is 3. The average Bonchev–Trinajstić information content (AvgIpc) is 2.96. The minimum atomic E-state index is -1.14. The van der Waals surface area contributed by atoms with Gasteiger partial charge in [-0.3, -0.25) is 14.9 Å². The van der Waals surface area contributed by atoms with Gasteiger partial charge in [0.15, 0.2) is 0 Å². The van der Waals surface area contributed by atoms with Crippen molar-refractivity contribution in [3.63, 3.8) is 0 Å². The lowest BCUT2D eigenvalue weighted by Crippen LogP contribution is -2.40. The molecule has 3 N–H and O–H groups in total. The Morgan fingerprint density at radius 3 is 2.52 bits per heavy atom. The first-order valence-corrected chi connectivity index (χ1v) is 7.92. The zero-order valence-electron chi connectivity index (χ0n) is 13.2. The number of anilines is 1. The van der Waals surface area contributed by atoms with E-state index in [9.17, 15) is 23.2 Å². The van der Waals surface area contributed by atoms with Crippen LogP contribution in [0.1, 0.15) is 30.7 Å². The van der Waals surface area contributed by atoms with Gasteiger partial charge in [0, 0.05) is 30.8 Å². The monoisotopic (exact) mass is 353 g/mol. The molecule has 25 heavy (non-hydrogen) atoms. The minimum Gasteiger partial charge on any atom is -0.465 e. The Hall–Kier alpha value is -2.71. The molecule has 9 heteroatoms. The summed E-state index contributed by atoms with van der Waals surface area (Å²) in [6.45, 7) is 0.768. The summed E-state index contributed by atoms with van der Waals surface area (Å²) in [5.74, 6) is -3.88. The molecule has 0 spiro atoms. The molecule has 0 saturated carbocycles. The summed E-state index contributed by atoms with van der Waals surface area (Å²) in [6, 6.07) is 1.98. The summed E-state index contributed by atoms with van der Waals surface area (Å²) < 4.78 is 29.0. The summed E-state index contributed by atoms with van der Waals surface area (Å²) in [6.07, 6.45) is -0.514. The van der Waals surface area contributed by atoms with Gasteiger partial charge in [-0.1, -0.05) is 0 Å². The van der Waals surface area contributed by atoms with Crippen LogP contribution in [0.4, 0.5) is 19.3 Å². The lowest BCUT2D eigenvalue weighted by molar-refractivity contribution is -0.134. The van der Waals surface area contributed by atoms with Crippen molar-refractivity contribution in [2.45, 2.75) is 31.2 Å². The number of benzene rings is 1. The first-order chi connectivity index (χ1) is 11.8. The topological polar surface area (TPSA) is 98.7 Å². The van der Waals surface area contributed by atoms with E-state index < -0.39 is 35.5 Å². The van der Waals surface area contributed by atoms with Crippen LogP contribution in [-0.2, 0) is 9.59 Å². The van der Waals surface area contributed by atoms with Crippen molar-refractivity contribution in [2.24, 2.45) is 0 Å². The standard InChI is InChI=1S/C16H17F2N3O4/c17-11-5-9(21-4-3-8(7-21)19-16(24)25)6-12(18)14(11)10-1-2-13(22)20-15(10)23/h5-6,8,10,19H,1-4,7H2,(H,24,25)(H,20,22,23). The van der Waals surface area contributed by atoms with Gasteiger partial charge >= 0.3 is 6.09 Å². The molecule has 2 unspecified atom stereocenters. The van der Waals surface area contributed by atoms with E-state index in [0.29, 0.717) is 25.2 Å². The van der Waals surface area contributed by atoms with E-state index in [4.69, 9.17) is 5.11 Å². The second kappa shape index (κ2) is 6.66. The molecular weight excluding hydrogens is 336 g/mol. The van der Waals surface area contributed by atoms with E-state index in [1.807, 2.05) is 0 Å². The lowest BCUT2D eigenvalue weighted by atomic mass is 9.89. The summed E-state index contributed by atoms with van der Waals surface area (Å²) in [4.78, 5) is 35.4. The van der Waals surface area contributed by atoms with Crippen molar-refractivity contribution < 1.29 is 28.3 Å². The Kier molecular flexibility index (Phi) is 4.56. The molecule has 2 aliphatic rings. The number of nitrogens with zero attached hydrogens (tertiary/aromatic N) is 1. The molecule has 2 saturated heterocycles. The number of carbonyl (C=O) groups excluding carboxylic acids is 2. The van der Waals surface area contributed by atoms with Crippen LogP contribution in [0.25, 0.3) is 0 Å². The van der Waals surface area contributed by atoms with Crippen molar-refractivity contribution in [1.82, 2.24) is 10.6 Å². The summed E-state index contributed by atoms with van der Waals surface area (Å²) in [7, 11) is 0. The largest absolute Gasteiger partial charge is 0.465 e. The Morgan fingerprint density at radius 1 is 1.24 bits per heavy atom. The van der Waals surface area contributed by atoms with E-state index >= 15 is 0 Å². The number of rotatable bonds is 3. The van der Waals surface area contributed by atoms with Crippen LogP contribution < -0.4 is 15.5 Å². The Balaban J connectivity index is 1.80. The van der Waals surface area contributed by atoms with E-state index in [0.717, 1.165) is 12.1 Å². The zero-order valence-corrected chi connectivity index (χ0v) is 13.2. The number of hydrogen-bond acceptors (Lipinski definition) is 4. The number of amides is 3. The quantitative estimate of drug-likeness (QED) is 0.712. The highest BCUT2D eigenvalue weighted by atomic mass is 19.1. The first-order valence-electron chi connectivity index (χ1n) is 7.92. The van der Waals surface area contributed by atoms with Crippen molar-refractivity contribution in [2.75, 3.05) is 18.0 Å². The predicted molar refractivity (Wildman–Crippen MR) is 83.3 cm³/mol. The number of nitrogens with one attached hydrogen (secondary N) is 2. The van der Waals surface area contributed by atoms with Crippen LogP contribution in [-0.4, -0.2) is 42.1 Å². The number of imide groups is 1. The maximum Gasteiger partial charge on any atom is 0.404 e. The van der Waals surface area contributed by atoms with E-state index in [1.165, 1.54) is 0 Å². The molecular formula is C16H17F2N3O4. The molecule has 2 fully saturated rings. The highest BCUT2D eigenvalue weighted by molar-refractivity contribution is 6.01. The minimum absolute atomic E-state index is 0.0334. The van der Waals surface area contributed by atoms with Crippen molar-refractivity contribution in [3.8, 4) is 0 Å².